The fourth-order valence-electron chi connectivity index (χ4n) is 1.33. The Kier molecular flexibility index (Phi) is 6.32. The first-order valence-electron chi connectivity index (χ1n) is 5.72. The molecular formula is C14H19NO. The summed E-state index contributed by atoms with van der Waals surface area (Å²) < 4.78 is 5.55. The fraction of sp³-hybridized carbons (Fsp3) is 0.429. The summed E-state index contributed by atoms with van der Waals surface area (Å²) >= 11 is 0. The topological polar surface area (TPSA) is 35.2 Å². The molecule has 2 heteroatoms. The molecule has 0 atom stereocenters. The van der Waals surface area contributed by atoms with Crippen molar-refractivity contribution < 1.29 is 4.74 Å². The lowest BCUT2D eigenvalue weighted by Crippen LogP contribution is -1.96. The van der Waals surface area contributed by atoms with E-state index in [0.717, 1.165) is 18.6 Å². The van der Waals surface area contributed by atoms with Gasteiger partial charge in [-0.1, -0.05) is 37.3 Å². The number of hydrogen-bond acceptors (Lipinski definition) is 2. The van der Waals surface area contributed by atoms with Crippen molar-refractivity contribution in [1.82, 2.24) is 0 Å². The van der Waals surface area contributed by atoms with Crippen LogP contribution in [0.2, 0.25) is 0 Å². The van der Waals surface area contributed by atoms with Gasteiger partial charge in [-0.2, -0.15) is 0 Å². The minimum Gasteiger partial charge on any atom is -0.377 e. The van der Waals surface area contributed by atoms with Crippen LogP contribution in [-0.2, 0) is 11.3 Å². The van der Waals surface area contributed by atoms with Gasteiger partial charge in [-0.15, -0.1) is 0 Å². The molecule has 0 unspecified atom stereocenters. The van der Waals surface area contributed by atoms with E-state index in [0.29, 0.717) is 13.2 Å². The van der Waals surface area contributed by atoms with Crippen molar-refractivity contribution in [3.05, 3.63) is 35.4 Å². The molecule has 16 heavy (non-hydrogen) atoms. The first kappa shape index (κ1) is 12.8. The molecule has 0 spiro atoms. The lowest BCUT2D eigenvalue weighted by Gasteiger charge is -2.03. The third-order valence-electron chi connectivity index (χ3n) is 2.17. The molecule has 1 aromatic rings. The van der Waals surface area contributed by atoms with E-state index in [-0.39, 0.29) is 0 Å². The van der Waals surface area contributed by atoms with E-state index in [4.69, 9.17) is 10.5 Å². The molecule has 0 fully saturated rings. The minimum absolute atomic E-state index is 0.400. The Morgan fingerprint density at radius 3 is 3.00 bits per heavy atom. The highest BCUT2D eigenvalue weighted by atomic mass is 16.5. The molecule has 1 aromatic carbocycles. The summed E-state index contributed by atoms with van der Waals surface area (Å²) in [5.41, 5.74) is 7.50. The molecule has 0 aliphatic carbocycles. The Morgan fingerprint density at radius 1 is 1.38 bits per heavy atom. The Labute approximate surface area is 97.8 Å². The summed E-state index contributed by atoms with van der Waals surface area (Å²) in [6, 6.07) is 8.09. The van der Waals surface area contributed by atoms with Crippen molar-refractivity contribution in [2.24, 2.45) is 5.73 Å². The van der Waals surface area contributed by atoms with Crippen molar-refractivity contribution in [3.8, 4) is 11.8 Å². The molecule has 0 saturated heterocycles. The van der Waals surface area contributed by atoms with E-state index in [1.54, 1.807) is 0 Å². The summed E-state index contributed by atoms with van der Waals surface area (Å²) in [5, 5.41) is 0. The maximum Gasteiger partial charge on any atom is 0.0717 e. The van der Waals surface area contributed by atoms with Gasteiger partial charge in [0.1, 0.15) is 0 Å². The first-order valence-corrected chi connectivity index (χ1v) is 5.72. The summed E-state index contributed by atoms with van der Waals surface area (Å²) in [7, 11) is 0. The van der Waals surface area contributed by atoms with Crippen LogP contribution in [0.3, 0.4) is 0 Å². The van der Waals surface area contributed by atoms with Gasteiger partial charge >= 0.3 is 0 Å². The number of benzene rings is 1. The van der Waals surface area contributed by atoms with Crippen LogP contribution >= 0.6 is 0 Å². The van der Waals surface area contributed by atoms with Crippen molar-refractivity contribution in [3.63, 3.8) is 0 Å². The minimum atomic E-state index is 0.400. The second kappa shape index (κ2) is 7.92. The molecule has 0 aromatic heterocycles. The zero-order valence-electron chi connectivity index (χ0n) is 9.83. The van der Waals surface area contributed by atoms with Crippen molar-refractivity contribution in [2.45, 2.75) is 26.4 Å². The highest BCUT2D eigenvalue weighted by Crippen LogP contribution is 2.06. The molecule has 0 heterocycles. The third kappa shape index (κ3) is 4.97. The Bertz CT molecular complexity index is 362. The van der Waals surface area contributed by atoms with Gasteiger partial charge in [0.25, 0.3) is 0 Å². The van der Waals surface area contributed by atoms with E-state index in [1.807, 2.05) is 12.1 Å². The lowest BCUT2D eigenvalue weighted by atomic mass is 10.1. The monoisotopic (exact) mass is 217 g/mol. The molecule has 86 valence electrons. The molecule has 1 rings (SSSR count). The first-order chi connectivity index (χ1) is 7.86. The maximum atomic E-state index is 5.55. The summed E-state index contributed by atoms with van der Waals surface area (Å²) in [6.07, 6.45) is 2.29. The van der Waals surface area contributed by atoms with E-state index >= 15 is 0 Å². The number of ether oxygens (including phenoxy) is 1. The van der Waals surface area contributed by atoms with Crippen LogP contribution in [0.5, 0.6) is 0 Å². The molecule has 0 aliphatic heterocycles. The van der Waals surface area contributed by atoms with Gasteiger partial charge in [0.05, 0.1) is 13.2 Å². The third-order valence-corrected chi connectivity index (χ3v) is 2.17. The van der Waals surface area contributed by atoms with Crippen molar-refractivity contribution >= 4 is 0 Å². The molecule has 0 aliphatic rings. The van der Waals surface area contributed by atoms with E-state index in [9.17, 15) is 0 Å². The van der Waals surface area contributed by atoms with Gasteiger partial charge in [-0.3, -0.25) is 0 Å². The lowest BCUT2D eigenvalue weighted by molar-refractivity contribution is 0.118. The molecule has 2 N–H and O–H groups in total. The molecular weight excluding hydrogens is 198 g/mol. The predicted octanol–water partition coefficient (Wildman–Crippen LogP) is 2.31. The predicted molar refractivity (Wildman–Crippen MR) is 66.9 cm³/mol. The van der Waals surface area contributed by atoms with Gasteiger partial charge in [0.15, 0.2) is 0 Å². The second-order valence-electron chi connectivity index (χ2n) is 3.61. The smallest absolute Gasteiger partial charge is 0.0717 e. The van der Waals surface area contributed by atoms with Crippen LogP contribution in [0.25, 0.3) is 0 Å². The Hall–Kier alpha value is -1.30. The molecule has 0 radical (unpaired) electrons. The molecule has 0 saturated carbocycles. The zero-order chi connectivity index (χ0) is 11.6. The van der Waals surface area contributed by atoms with Crippen LogP contribution in [0, 0.1) is 11.8 Å². The van der Waals surface area contributed by atoms with E-state index in [2.05, 4.69) is 30.9 Å². The Balaban J connectivity index is 2.47. The summed E-state index contributed by atoms with van der Waals surface area (Å²) in [4.78, 5) is 0. The highest BCUT2D eigenvalue weighted by Gasteiger charge is 1.94. The normalized spacial score (nSPS) is 9.62. The van der Waals surface area contributed by atoms with Gasteiger partial charge in [0.2, 0.25) is 0 Å². The van der Waals surface area contributed by atoms with Crippen LogP contribution in [0.4, 0.5) is 0 Å². The fourth-order valence-corrected chi connectivity index (χ4v) is 1.33. The highest BCUT2D eigenvalue weighted by molar-refractivity contribution is 5.37. The number of rotatable bonds is 5. The standard InChI is InChI=1S/C14H19NO/c1-2-3-10-16-12-14-7-4-6-13(11-14)8-5-9-15/h4,6-7,11H,2-3,9-10,12,15H2,1H3. The van der Waals surface area contributed by atoms with Gasteiger partial charge in [-0.05, 0) is 24.1 Å². The second-order valence-corrected chi connectivity index (χ2v) is 3.61. The largest absolute Gasteiger partial charge is 0.377 e. The summed E-state index contributed by atoms with van der Waals surface area (Å²) in [6.45, 7) is 4.05. The number of hydrogen-bond donors (Lipinski definition) is 1. The Morgan fingerprint density at radius 2 is 2.25 bits per heavy atom. The summed E-state index contributed by atoms with van der Waals surface area (Å²) in [5.74, 6) is 5.86. The van der Waals surface area contributed by atoms with E-state index in [1.165, 1.54) is 12.0 Å². The average molecular weight is 217 g/mol. The van der Waals surface area contributed by atoms with Crippen LogP contribution in [0.1, 0.15) is 30.9 Å². The quantitative estimate of drug-likeness (QED) is 0.607. The molecule has 0 bridgehead atoms. The van der Waals surface area contributed by atoms with Gasteiger partial charge in [0, 0.05) is 12.2 Å². The van der Waals surface area contributed by atoms with Crippen molar-refractivity contribution in [2.75, 3.05) is 13.2 Å². The number of unbranched alkanes of at least 4 members (excludes halogenated alkanes) is 1. The van der Waals surface area contributed by atoms with Gasteiger partial charge in [-0.25, -0.2) is 0 Å². The average Bonchev–Trinajstić information content (AvgIpc) is 2.33. The van der Waals surface area contributed by atoms with Gasteiger partial charge < -0.3 is 10.5 Å². The van der Waals surface area contributed by atoms with E-state index < -0.39 is 0 Å². The molecule has 0 amide bonds. The van der Waals surface area contributed by atoms with Crippen LogP contribution in [0.15, 0.2) is 24.3 Å². The van der Waals surface area contributed by atoms with Crippen LogP contribution in [-0.4, -0.2) is 13.2 Å². The van der Waals surface area contributed by atoms with Crippen LogP contribution < -0.4 is 5.73 Å². The maximum absolute atomic E-state index is 5.55. The molecule has 2 nitrogen and oxygen atoms in total. The SMILES string of the molecule is CCCCOCc1cccc(C#CCN)c1. The number of nitrogens with two attached hydrogens (primary N) is 1. The van der Waals surface area contributed by atoms with Crippen molar-refractivity contribution in [1.29, 1.82) is 0 Å². The zero-order valence-corrected chi connectivity index (χ0v) is 9.83.